The summed E-state index contributed by atoms with van der Waals surface area (Å²) < 4.78 is 6.97. The summed E-state index contributed by atoms with van der Waals surface area (Å²) in [5.41, 5.74) is 1.51. The number of thiazole rings is 1. The second-order valence-corrected chi connectivity index (χ2v) is 5.87. The summed E-state index contributed by atoms with van der Waals surface area (Å²) in [6, 6.07) is 5.80. The van der Waals surface area contributed by atoms with E-state index in [1.807, 2.05) is 28.8 Å². The smallest absolute Gasteiger partial charge is 0.350 e. The Balaban J connectivity index is 1.63. The molecule has 0 aliphatic rings. The molecular weight excluding hydrogens is 314 g/mol. The Labute approximate surface area is 137 Å². The second-order valence-electron chi connectivity index (χ2n) is 4.88. The molecule has 3 rings (SSSR count). The Morgan fingerprint density at radius 2 is 2.26 bits per heavy atom. The number of aromatic nitrogens is 4. The van der Waals surface area contributed by atoms with E-state index < -0.39 is 0 Å². The first kappa shape index (κ1) is 15.4. The molecule has 0 amide bonds. The van der Waals surface area contributed by atoms with Gasteiger partial charge in [-0.3, -0.25) is 4.40 Å². The molecule has 0 atom stereocenters. The number of carbonyl (C=O) groups is 1. The van der Waals surface area contributed by atoms with Crippen LogP contribution in [0.2, 0.25) is 0 Å². The molecule has 0 aliphatic carbocycles. The van der Waals surface area contributed by atoms with Crippen LogP contribution in [0.15, 0.2) is 24.4 Å². The molecule has 0 aromatic carbocycles. The van der Waals surface area contributed by atoms with Crippen LogP contribution in [-0.4, -0.2) is 38.7 Å². The highest BCUT2D eigenvalue weighted by atomic mass is 32.1. The number of anilines is 1. The van der Waals surface area contributed by atoms with Crippen molar-refractivity contribution in [3.05, 3.63) is 40.8 Å². The van der Waals surface area contributed by atoms with Crippen molar-refractivity contribution in [3.63, 3.8) is 0 Å². The van der Waals surface area contributed by atoms with E-state index in [-0.39, 0.29) is 5.97 Å². The fourth-order valence-corrected chi connectivity index (χ4v) is 3.09. The van der Waals surface area contributed by atoms with Gasteiger partial charge in [0, 0.05) is 19.2 Å². The van der Waals surface area contributed by atoms with Gasteiger partial charge in [0.2, 0.25) is 0 Å². The van der Waals surface area contributed by atoms with E-state index in [2.05, 4.69) is 20.5 Å². The summed E-state index contributed by atoms with van der Waals surface area (Å²) in [5.74, 6) is 0.561. The van der Waals surface area contributed by atoms with Crippen LogP contribution >= 0.6 is 11.3 Å². The number of esters is 1. The van der Waals surface area contributed by atoms with Gasteiger partial charge in [0.15, 0.2) is 10.8 Å². The zero-order valence-corrected chi connectivity index (χ0v) is 13.8. The summed E-state index contributed by atoms with van der Waals surface area (Å²) in [6.45, 7) is 4.61. The lowest BCUT2D eigenvalue weighted by molar-refractivity contribution is 0.0531. The molecule has 0 bridgehead atoms. The molecule has 3 aromatic rings. The molecule has 0 spiro atoms. The van der Waals surface area contributed by atoms with E-state index in [0.717, 1.165) is 11.5 Å². The predicted molar refractivity (Wildman–Crippen MR) is 88.0 cm³/mol. The third-order valence-electron chi connectivity index (χ3n) is 3.27. The van der Waals surface area contributed by atoms with Crippen molar-refractivity contribution < 1.29 is 9.53 Å². The number of ether oxygens (including phenoxy) is 1. The molecule has 23 heavy (non-hydrogen) atoms. The number of hydrogen-bond acceptors (Lipinski definition) is 7. The molecule has 0 saturated carbocycles. The van der Waals surface area contributed by atoms with E-state index in [4.69, 9.17) is 4.74 Å². The minimum absolute atomic E-state index is 0.320. The maximum atomic E-state index is 11.8. The highest BCUT2D eigenvalue weighted by Crippen LogP contribution is 2.23. The Kier molecular flexibility index (Phi) is 4.52. The lowest BCUT2D eigenvalue weighted by Gasteiger charge is -2.01. The van der Waals surface area contributed by atoms with Gasteiger partial charge in [-0.15, -0.1) is 10.2 Å². The monoisotopic (exact) mass is 331 g/mol. The summed E-state index contributed by atoms with van der Waals surface area (Å²) in [7, 11) is 0. The standard InChI is InChI=1S/C15H17N5O2S/c1-3-22-14(21)13-10(2)17-15(23-13)16-8-7-12-19-18-11-6-4-5-9-20(11)12/h4-6,9H,3,7-8H2,1-2H3,(H,16,17). The van der Waals surface area contributed by atoms with Crippen molar-refractivity contribution in [2.75, 3.05) is 18.5 Å². The molecule has 1 N–H and O–H groups in total. The van der Waals surface area contributed by atoms with E-state index in [1.54, 1.807) is 13.8 Å². The molecule has 0 saturated heterocycles. The number of carbonyl (C=O) groups excluding carboxylic acids is 1. The average Bonchev–Trinajstić information content (AvgIpc) is 3.12. The van der Waals surface area contributed by atoms with Crippen molar-refractivity contribution in [2.45, 2.75) is 20.3 Å². The molecule has 0 aliphatic heterocycles. The average molecular weight is 331 g/mol. The lowest BCUT2D eigenvalue weighted by atomic mass is 10.4. The molecule has 120 valence electrons. The van der Waals surface area contributed by atoms with Crippen molar-refractivity contribution in [1.29, 1.82) is 0 Å². The highest BCUT2D eigenvalue weighted by Gasteiger charge is 2.16. The summed E-state index contributed by atoms with van der Waals surface area (Å²) in [5, 5.41) is 12.2. The number of rotatable bonds is 6. The van der Waals surface area contributed by atoms with Gasteiger partial charge >= 0.3 is 5.97 Å². The quantitative estimate of drug-likeness (QED) is 0.698. The number of aryl methyl sites for hydroxylation is 1. The van der Waals surface area contributed by atoms with Crippen LogP contribution < -0.4 is 5.32 Å². The van der Waals surface area contributed by atoms with E-state index >= 15 is 0 Å². The maximum absolute atomic E-state index is 11.8. The number of fused-ring (bicyclic) bond motifs is 1. The minimum Gasteiger partial charge on any atom is -0.462 e. The van der Waals surface area contributed by atoms with Crippen LogP contribution in [-0.2, 0) is 11.2 Å². The lowest BCUT2D eigenvalue weighted by Crippen LogP contribution is -2.07. The van der Waals surface area contributed by atoms with Crippen molar-refractivity contribution in [1.82, 2.24) is 19.6 Å². The Morgan fingerprint density at radius 3 is 3.09 bits per heavy atom. The van der Waals surface area contributed by atoms with Crippen molar-refractivity contribution in [2.24, 2.45) is 0 Å². The van der Waals surface area contributed by atoms with Crippen LogP contribution in [0.3, 0.4) is 0 Å². The van der Waals surface area contributed by atoms with Crippen molar-refractivity contribution >= 4 is 28.1 Å². The third kappa shape index (κ3) is 3.31. The van der Waals surface area contributed by atoms with Gasteiger partial charge in [-0.25, -0.2) is 9.78 Å². The van der Waals surface area contributed by atoms with E-state index in [0.29, 0.717) is 35.3 Å². The van der Waals surface area contributed by atoms with Gasteiger partial charge < -0.3 is 10.1 Å². The van der Waals surface area contributed by atoms with Crippen LogP contribution in [0.1, 0.15) is 28.1 Å². The van der Waals surface area contributed by atoms with Crippen LogP contribution in [0, 0.1) is 6.92 Å². The van der Waals surface area contributed by atoms with Crippen LogP contribution in [0.25, 0.3) is 5.65 Å². The van der Waals surface area contributed by atoms with E-state index in [1.165, 1.54) is 11.3 Å². The topological polar surface area (TPSA) is 81.4 Å². The fraction of sp³-hybridized carbons (Fsp3) is 0.333. The Hall–Kier alpha value is -2.48. The molecular formula is C15H17N5O2S. The summed E-state index contributed by atoms with van der Waals surface area (Å²) in [6.07, 6.45) is 2.65. The van der Waals surface area contributed by atoms with Gasteiger partial charge in [0.25, 0.3) is 0 Å². The minimum atomic E-state index is -0.320. The summed E-state index contributed by atoms with van der Waals surface area (Å²) in [4.78, 5) is 16.7. The molecule has 0 fully saturated rings. The predicted octanol–water partition coefficient (Wildman–Crippen LogP) is 2.33. The number of nitrogens with zero attached hydrogens (tertiary/aromatic N) is 4. The Morgan fingerprint density at radius 1 is 1.39 bits per heavy atom. The first-order valence-electron chi connectivity index (χ1n) is 7.36. The first-order chi connectivity index (χ1) is 11.2. The van der Waals surface area contributed by atoms with Crippen LogP contribution in [0.4, 0.5) is 5.13 Å². The van der Waals surface area contributed by atoms with Crippen LogP contribution in [0.5, 0.6) is 0 Å². The third-order valence-corrected chi connectivity index (χ3v) is 4.36. The molecule has 8 heteroatoms. The summed E-state index contributed by atoms with van der Waals surface area (Å²) >= 11 is 1.31. The van der Waals surface area contributed by atoms with Gasteiger partial charge in [0.1, 0.15) is 10.7 Å². The zero-order chi connectivity index (χ0) is 16.2. The van der Waals surface area contributed by atoms with E-state index in [9.17, 15) is 4.79 Å². The molecule has 0 radical (unpaired) electrons. The van der Waals surface area contributed by atoms with Crippen molar-refractivity contribution in [3.8, 4) is 0 Å². The SMILES string of the molecule is CCOC(=O)c1sc(NCCc2nnc3ccccn23)nc1C. The normalized spacial score (nSPS) is 10.9. The highest BCUT2D eigenvalue weighted by molar-refractivity contribution is 7.17. The second kappa shape index (κ2) is 6.74. The number of nitrogens with one attached hydrogen (secondary N) is 1. The first-order valence-corrected chi connectivity index (χ1v) is 8.17. The number of hydrogen-bond donors (Lipinski definition) is 1. The maximum Gasteiger partial charge on any atom is 0.350 e. The van der Waals surface area contributed by atoms with Gasteiger partial charge in [-0.2, -0.15) is 0 Å². The van der Waals surface area contributed by atoms with Gasteiger partial charge in [-0.05, 0) is 26.0 Å². The molecule has 3 aromatic heterocycles. The molecule has 3 heterocycles. The fourth-order valence-electron chi connectivity index (χ4n) is 2.20. The Bertz CT molecular complexity index is 826. The number of pyridine rings is 1. The molecule has 0 unspecified atom stereocenters. The zero-order valence-electron chi connectivity index (χ0n) is 12.9. The largest absolute Gasteiger partial charge is 0.462 e. The van der Waals surface area contributed by atoms with Gasteiger partial charge in [-0.1, -0.05) is 17.4 Å². The molecule has 7 nitrogen and oxygen atoms in total. The van der Waals surface area contributed by atoms with Gasteiger partial charge in [0.05, 0.1) is 12.3 Å².